The van der Waals surface area contributed by atoms with Crippen LogP contribution in [0.25, 0.3) is 0 Å². The molecule has 118 valence electrons. The van der Waals surface area contributed by atoms with Crippen molar-refractivity contribution in [3.63, 3.8) is 0 Å². The van der Waals surface area contributed by atoms with E-state index in [1.54, 1.807) is 0 Å². The first-order chi connectivity index (χ1) is 10.2. The molecule has 2 aliphatic carbocycles. The van der Waals surface area contributed by atoms with Gasteiger partial charge in [-0.3, -0.25) is 9.59 Å². The van der Waals surface area contributed by atoms with Crippen LogP contribution in [-0.2, 0) is 14.3 Å². The van der Waals surface area contributed by atoms with E-state index in [0.29, 0.717) is 18.8 Å². The third kappa shape index (κ3) is 3.24. The van der Waals surface area contributed by atoms with Crippen molar-refractivity contribution in [2.24, 2.45) is 17.8 Å². The van der Waals surface area contributed by atoms with Crippen LogP contribution in [-0.4, -0.2) is 36.5 Å². The lowest BCUT2D eigenvalue weighted by Gasteiger charge is -2.36. The number of hydrogen-bond donors (Lipinski definition) is 0. The molecule has 2 bridgehead atoms. The maximum Gasteiger partial charge on any atom is 0.307 e. The number of carbonyl (C=O) groups is 2. The number of amides is 1. The van der Waals surface area contributed by atoms with E-state index in [4.69, 9.17) is 4.74 Å². The van der Waals surface area contributed by atoms with Gasteiger partial charge in [0, 0.05) is 19.0 Å². The van der Waals surface area contributed by atoms with Gasteiger partial charge in [-0.15, -0.1) is 0 Å². The second-order valence-corrected chi connectivity index (χ2v) is 7.16. The van der Waals surface area contributed by atoms with Gasteiger partial charge in [0.05, 0.1) is 13.5 Å². The standard InChI is InChI=1S/C17H27NO3/c1-21-17(20)11-15-4-2-3-7-18(15)16(19)10-14-9-12-5-6-13(14)8-12/h12-15H,2-11H2,1H3. The molecule has 0 aromatic carbocycles. The summed E-state index contributed by atoms with van der Waals surface area (Å²) < 4.78 is 4.78. The molecule has 2 saturated carbocycles. The van der Waals surface area contributed by atoms with Crippen LogP contribution in [0, 0.1) is 17.8 Å². The maximum atomic E-state index is 12.7. The second-order valence-electron chi connectivity index (χ2n) is 7.16. The fourth-order valence-corrected chi connectivity index (χ4v) is 4.78. The van der Waals surface area contributed by atoms with Crippen LogP contribution in [0.15, 0.2) is 0 Å². The number of nitrogens with zero attached hydrogens (tertiary/aromatic N) is 1. The molecule has 4 nitrogen and oxygen atoms in total. The number of methoxy groups -OCH3 is 1. The van der Waals surface area contributed by atoms with Gasteiger partial charge in [0.15, 0.2) is 0 Å². The van der Waals surface area contributed by atoms with Crippen molar-refractivity contribution in [3.05, 3.63) is 0 Å². The quantitative estimate of drug-likeness (QED) is 0.749. The molecule has 0 aromatic heterocycles. The number of hydrogen-bond acceptors (Lipinski definition) is 3. The molecule has 0 N–H and O–H groups in total. The van der Waals surface area contributed by atoms with Crippen molar-refractivity contribution >= 4 is 11.9 Å². The first-order valence-corrected chi connectivity index (χ1v) is 8.53. The molecular formula is C17H27NO3. The Morgan fingerprint density at radius 1 is 1.10 bits per heavy atom. The molecule has 0 spiro atoms. The summed E-state index contributed by atoms with van der Waals surface area (Å²) in [6, 6.07) is 0.0669. The third-order valence-electron chi connectivity index (χ3n) is 5.90. The molecule has 1 saturated heterocycles. The summed E-state index contributed by atoms with van der Waals surface area (Å²) in [4.78, 5) is 26.2. The van der Waals surface area contributed by atoms with Gasteiger partial charge in [-0.2, -0.15) is 0 Å². The average Bonchev–Trinajstić information content (AvgIpc) is 3.10. The summed E-state index contributed by atoms with van der Waals surface area (Å²) in [6.07, 6.45) is 9.50. The van der Waals surface area contributed by atoms with Gasteiger partial charge >= 0.3 is 5.97 Å². The number of likely N-dealkylation sites (tertiary alicyclic amines) is 1. The van der Waals surface area contributed by atoms with Crippen molar-refractivity contribution in [2.45, 2.75) is 63.8 Å². The number of carbonyl (C=O) groups excluding carboxylic acids is 2. The lowest BCUT2D eigenvalue weighted by atomic mass is 9.85. The maximum absolute atomic E-state index is 12.7. The Kier molecular flexibility index (Phi) is 4.51. The van der Waals surface area contributed by atoms with Crippen LogP contribution in [0.2, 0.25) is 0 Å². The van der Waals surface area contributed by atoms with Gasteiger partial charge in [0.1, 0.15) is 0 Å². The van der Waals surface area contributed by atoms with Crippen molar-refractivity contribution < 1.29 is 14.3 Å². The van der Waals surface area contributed by atoms with E-state index in [9.17, 15) is 9.59 Å². The predicted octanol–water partition coefficient (Wildman–Crippen LogP) is 2.76. The Hall–Kier alpha value is -1.06. The Bertz CT molecular complexity index is 409. The molecule has 3 aliphatic rings. The zero-order valence-corrected chi connectivity index (χ0v) is 13.1. The normalized spacial score (nSPS) is 35.0. The van der Waals surface area contributed by atoms with Crippen molar-refractivity contribution in [2.75, 3.05) is 13.7 Å². The van der Waals surface area contributed by atoms with E-state index >= 15 is 0 Å². The monoisotopic (exact) mass is 293 g/mol. The zero-order chi connectivity index (χ0) is 14.8. The van der Waals surface area contributed by atoms with Gasteiger partial charge in [0.25, 0.3) is 0 Å². The molecule has 1 amide bonds. The molecule has 3 rings (SSSR count). The summed E-state index contributed by atoms with van der Waals surface area (Å²) in [5.74, 6) is 2.38. The number of ether oxygens (including phenoxy) is 1. The predicted molar refractivity (Wildman–Crippen MR) is 79.5 cm³/mol. The second kappa shape index (κ2) is 6.37. The minimum atomic E-state index is -0.195. The Labute approximate surface area is 127 Å². The summed E-state index contributed by atoms with van der Waals surface area (Å²) >= 11 is 0. The Balaban J connectivity index is 1.57. The number of esters is 1. The van der Waals surface area contributed by atoms with E-state index in [0.717, 1.165) is 37.6 Å². The fraction of sp³-hybridized carbons (Fsp3) is 0.882. The Morgan fingerprint density at radius 2 is 1.95 bits per heavy atom. The van der Waals surface area contributed by atoms with E-state index in [1.807, 2.05) is 4.90 Å². The molecule has 4 heteroatoms. The van der Waals surface area contributed by atoms with Crippen LogP contribution >= 0.6 is 0 Å². The van der Waals surface area contributed by atoms with Gasteiger partial charge in [-0.1, -0.05) is 6.42 Å². The third-order valence-corrected chi connectivity index (χ3v) is 5.90. The van der Waals surface area contributed by atoms with Gasteiger partial charge < -0.3 is 9.64 Å². The van der Waals surface area contributed by atoms with E-state index in [2.05, 4.69) is 0 Å². The molecule has 0 aromatic rings. The zero-order valence-electron chi connectivity index (χ0n) is 13.1. The van der Waals surface area contributed by atoms with Crippen molar-refractivity contribution in [1.82, 2.24) is 4.90 Å². The molecule has 4 unspecified atom stereocenters. The SMILES string of the molecule is COC(=O)CC1CCCCN1C(=O)CC1CC2CCC1C2. The highest BCUT2D eigenvalue weighted by molar-refractivity contribution is 5.78. The van der Waals surface area contributed by atoms with Crippen LogP contribution in [0.4, 0.5) is 0 Å². The van der Waals surface area contributed by atoms with Crippen LogP contribution in [0.5, 0.6) is 0 Å². The lowest BCUT2D eigenvalue weighted by Crippen LogP contribution is -2.45. The van der Waals surface area contributed by atoms with Crippen molar-refractivity contribution in [3.8, 4) is 0 Å². The number of rotatable bonds is 4. The number of piperidine rings is 1. The van der Waals surface area contributed by atoms with Crippen LogP contribution in [0.3, 0.4) is 0 Å². The molecule has 0 radical (unpaired) electrons. The average molecular weight is 293 g/mol. The Morgan fingerprint density at radius 3 is 2.62 bits per heavy atom. The molecular weight excluding hydrogens is 266 g/mol. The minimum Gasteiger partial charge on any atom is -0.469 e. The van der Waals surface area contributed by atoms with E-state index in [1.165, 1.54) is 32.8 Å². The largest absolute Gasteiger partial charge is 0.469 e. The number of fused-ring (bicyclic) bond motifs is 2. The molecule has 4 atom stereocenters. The summed E-state index contributed by atoms with van der Waals surface area (Å²) in [5.41, 5.74) is 0. The molecule has 1 aliphatic heterocycles. The summed E-state index contributed by atoms with van der Waals surface area (Å²) in [6.45, 7) is 0.821. The van der Waals surface area contributed by atoms with E-state index in [-0.39, 0.29) is 17.9 Å². The summed E-state index contributed by atoms with van der Waals surface area (Å²) in [7, 11) is 1.42. The highest BCUT2D eigenvalue weighted by Crippen LogP contribution is 2.49. The summed E-state index contributed by atoms with van der Waals surface area (Å²) in [5, 5.41) is 0. The molecule has 1 heterocycles. The fourth-order valence-electron chi connectivity index (χ4n) is 4.78. The smallest absolute Gasteiger partial charge is 0.307 e. The first-order valence-electron chi connectivity index (χ1n) is 8.53. The topological polar surface area (TPSA) is 46.6 Å². The van der Waals surface area contributed by atoms with Crippen molar-refractivity contribution in [1.29, 1.82) is 0 Å². The van der Waals surface area contributed by atoms with Gasteiger partial charge in [-0.25, -0.2) is 0 Å². The molecule has 21 heavy (non-hydrogen) atoms. The van der Waals surface area contributed by atoms with Crippen LogP contribution < -0.4 is 0 Å². The van der Waals surface area contributed by atoms with Gasteiger partial charge in [-0.05, 0) is 56.3 Å². The highest BCUT2D eigenvalue weighted by Gasteiger charge is 2.41. The van der Waals surface area contributed by atoms with Crippen LogP contribution in [0.1, 0.15) is 57.8 Å². The first kappa shape index (κ1) is 14.9. The van der Waals surface area contributed by atoms with E-state index < -0.39 is 0 Å². The van der Waals surface area contributed by atoms with Gasteiger partial charge in [0.2, 0.25) is 5.91 Å². The minimum absolute atomic E-state index is 0.0669. The molecule has 3 fully saturated rings. The highest BCUT2D eigenvalue weighted by atomic mass is 16.5. The lowest BCUT2D eigenvalue weighted by molar-refractivity contribution is -0.145.